The maximum atomic E-state index is 12.9. The summed E-state index contributed by atoms with van der Waals surface area (Å²) < 4.78 is 20.4. The smallest absolute Gasteiger partial charge is 0.343 e. The van der Waals surface area contributed by atoms with E-state index in [9.17, 15) is 9.59 Å². The highest BCUT2D eigenvalue weighted by atomic mass is 16.5. The fraction of sp³-hybridized carbons (Fsp3) is 0.364. The van der Waals surface area contributed by atoms with Gasteiger partial charge in [0.15, 0.2) is 0 Å². The van der Waals surface area contributed by atoms with Gasteiger partial charge in [-0.25, -0.2) is 9.59 Å². The maximum absolute atomic E-state index is 12.9. The number of nitrogens with zero attached hydrogens (tertiary/aromatic N) is 2. The summed E-state index contributed by atoms with van der Waals surface area (Å²) >= 11 is 0. The number of aromatic nitrogens is 1. The molecule has 2 heterocycles. The quantitative estimate of drug-likeness (QED) is 0.102. The third-order valence-corrected chi connectivity index (χ3v) is 10.6. The molecule has 1 aliphatic carbocycles. The van der Waals surface area contributed by atoms with Crippen molar-refractivity contribution in [3.8, 4) is 22.8 Å². The highest BCUT2D eigenvalue weighted by molar-refractivity contribution is 5.95. The number of ether oxygens (including phenoxy) is 3. The monoisotopic (exact) mass is 684 g/mol. The van der Waals surface area contributed by atoms with Crippen molar-refractivity contribution in [2.24, 2.45) is 5.92 Å². The molecule has 7 rings (SSSR count). The van der Waals surface area contributed by atoms with E-state index in [0.29, 0.717) is 34.6 Å². The van der Waals surface area contributed by atoms with Crippen LogP contribution in [-0.2, 0) is 11.3 Å². The molecular weight excluding hydrogens is 636 g/mol. The third-order valence-electron chi connectivity index (χ3n) is 10.6. The normalized spacial score (nSPS) is 18.3. The van der Waals surface area contributed by atoms with E-state index in [1.165, 1.54) is 38.8 Å². The van der Waals surface area contributed by atoms with Crippen LogP contribution >= 0.6 is 0 Å². The van der Waals surface area contributed by atoms with Crippen LogP contribution in [0, 0.1) is 12.8 Å². The van der Waals surface area contributed by atoms with Gasteiger partial charge in [0.05, 0.1) is 29.5 Å². The zero-order valence-corrected chi connectivity index (χ0v) is 29.6. The lowest BCUT2D eigenvalue weighted by molar-refractivity contribution is 0.00628. The SMILES string of the molecule is Cc1c(-c2ccc(OC(=O)c3ccccc3)cc2)n(CC2CCC(OCCN3CCCCCC3)CC2)c2ccc(OC(=O)c3ccccc3)cc12. The number of carbonyl (C=O) groups is 2. The van der Waals surface area contributed by atoms with Crippen LogP contribution in [0.2, 0.25) is 0 Å². The molecule has 4 aromatic carbocycles. The average Bonchev–Trinajstić information content (AvgIpc) is 3.29. The van der Waals surface area contributed by atoms with Crippen LogP contribution < -0.4 is 9.47 Å². The lowest BCUT2D eigenvalue weighted by Crippen LogP contribution is -2.31. The second-order valence-corrected chi connectivity index (χ2v) is 14.1. The first-order valence-electron chi connectivity index (χ1n) is 18.6. The Morgan fingerprint density at radius 1 is 0.686 bits per heavy atom. The Bertz CT molecular complexity index is 1900. The fourth-order valence-corrected chi connectivity index (χ4v) is 7.74. The van der Waals surface area contributed by atoms with E-state index in [0.717, 1.165) is 73.1 Å². The molecule has 1 aliphatic heterocycles. The number of likely N-dealkylation sites (tertiary alicyclic amines) is 1. The molecule has 5 aromatic rings. The highest BCUT2D eigenvalue weighted by Gasteiger charge is 2.25. The predicted molar refractivity (Wildman–Crippen MR) is 202 cm³/mol. The summed E-state index contributed by atoms with van der Waals surface area (Å²) in [6.07, 6.45) is 10.1. The predicted octanol–water partition coefficient (Wildman–Crippen LogP) is 9.51. The summed E-state index contributed by atoms with van der Waals surface area (Å²) in [5.74, 6) is 0.776. The maximum Gasteiger partial charge on any atom is 0.343 e. The second-order valence-electron chi connectivity index (χ2n) is 14.1. The standard InChI is InChI=1S/C44H48N2O5/c1-32-40-30-39(51-44(48)36-14-8-5-9-15-36)24-25-41(40)46(31-33-16-20-37(21-17-33)49-29-28-45-26-10-2-3-11-27-45)42(32)34-18-22-38(23-19-34)50-43(47)35-12-6-4-7-13-35/h4-9,12-15,18-19,22-25,30,33,37H,2-3,10-11,16-17,20-21,26-29,31H2,1H3. The molecule has 0 atom stereocenters. The summed E-state index contributed by atoms with van der Waals surface area (Å²) in [6, 6.07) is 31.8. The Morgan fingerprint density at radius 3 is 1.90 bits per heavy atom. The molecule has 7 heteroatoms. The van der Waals surface area contributed by atoms with Gasteiger partial charge < -0.3 is 23.7 Å². The molecule has 0 amide bonds. The molecule has 7 nitrogen and oxygen atoms in total. The summed E-state index contributed by atoms with van der Waals surface area (Å²) in [5, 5.41) is 1.05. The van der Waals surface area contributed by atoms with E-state index in [-0.39, 0.29) is 11.9 Å². The zero-order valence-electron chi connectivity index (χ0n) is 29.6. The van der Waals surface area contributed by atoms with Gasteiger partial charge in [0.2, 0.25) is 0 Å². The van der Waals surface area contributed by atoms with Crippen molar-refractivity contribution < 1.29 is 23.8 Å². The second kappa shape index (κ2) is 16.5. The fourth-order valence-electron chi connectivity index (χ4n) is 7.74. The van der Waals surface area contributed by atoms with Crippen molar-refractivity contribution in [1.29, 1.82) is 0 Å². The molecule has 2 aliphatic rings. The van der Waals surface area contributed by atoms with Crippen LogP contribution in [-0.4, -0.2) is 53.8 Å². The molecule has 0 N–H and O–H groups in total. The van der Waals surface area contributed by atoms with Crippen molar-refractivity contribution in [2.45, 2.75) is 70.9 Å². The van der Waals surface area contributed by atoms with Crippen LogP contribution in [0.1, 0.15) is 77.6 Å². The molecule has 1 saturated heterocycles. The van der Waals surface area contributed by atoms with Crippen molar-refractivity contribution in [2.75, 3.05) is 26.2 Å². The molecule has 0 bridgehead atoms. The molecule has 51 heavy (non-hydrogen) atoms. The Hall–Kier alpha value is -4.72. The lowest BCUT2D eigenvalue weighted by atomic mass is 9.87. The first-order valence-corrected chi connectivity index (χ1v) is 18.6. The summed E-state index contributed by atoms with van der Waals surface area (Å²) in [5.41, 5.74) is 5.41. The van der Waals surface area contributed by atoms with Crippen LogP contribution in [0.25, 0.3) is 22.2 Å². The first-order chi connectivity index (χ1) is 25.0. The number of aryl methyl sites for hydroxylation is 1. The van der Waals surface area contributed by atoms with Gasteiger partial charge in [-0.2, -0.15) is 0 Å². The number of carbonyl (C=O) groups excluding carboxylic acids is 2. The van der Waals surface area contributed by atoms with Gasteiger partial charge in [0.1, 0.15) is 11.5 Å². The van der Waals surface area contributed by atoms with Crippen molar-refractivity contribution >= 4 is 22.8 Å². The number of benzene rings is 4. The minimum atomic E-state index is -0.382. The van der Waals surface area contributed by atoms with Crippen LogP contribution in [0.4, 0.5) is 0 Å². The molecular formula is C44H48N2O5. The van der Waals surface area contributed by atoms with Crippen LogP contribution in [0.15, 0.2) is 103 Å². The van der Waals surface area contributed by atoms with E-state index in [4.69, 9.17) is 14.2 Å². The van der Waals surface area contributed by atoms with Gasteiger partial charge in [-0.15, -0.1) is 0 Å². The van der Waals surface area contributed by atoms with Crippen molar-refractivity contribution in [3.63, 3.8) is 0 Å². The lowest BCUT2D eigenvalue weighted by Gasteiger charge is -2.30. The molecule has 0 radical (unpaired) electrons. The van der Waals surface area contributed by atoms with Gasteiger partial charge in [0.25, 0.3) is 0 Å². The van der Waals surface area contributed by atoms with Gasteiger partial charge in [0, 0.05) is 24.0 Å². The molecule has 0 unspecified atom stereocenters. The summed E-state index contributed by atoms with van der Waals surface area (Å²) in [6.45, 7) is 7.31. The number of hydrogen-bond donors (Lipinski definition) is 0. The minimum Gasteiger partial charge on any atom is -0.423 e. The van der Waals surface area contributed by atoms with E-state index < -0.39 is 0 Å². The van der Waals surface area contributed by atoms with Gasteiger partial charge in [-0.05, 0) is 142 Å². The minimum absolute atomic E-state index is 0.337. The van der Waals surface area contributed by atoms with Crippen molar-refractivity contribution in [3.05, 3.63) is 120 Å². The molecule has 2 fully saturated rings. The zero-order chi connectivity index (χ0) is 35.0. The summed E-state index contributed by atoms with van der Waals surface area (Å²) in [4.78, 5) is 28.2. The Kier molecular flexibility index (Phi) is 11.3. The van der Waals surface area contributed by atoms with E-state index >= 15 is 0 Å². The Labute approximate surface area is 301 Å². The first kappa shape index (κ1) is 34.7. The molecule has 0 spiro atoms. The molecule has 1 aromatic heterocycles. The number of hydrogen-bond acceptors (Lipinski definition) is 6. The van der Waals surface area contributed by atoms with E-state index in [1.54, 1.807) is 24.3 Å². The Morgan fingerprint density at radius 2 is 1.27 bits per heavy atom. The molecule has 1 saturated carbocycles. The Balaban J connectivity index is 1.09. The van der Waals surface area contributed by atoms with Gasteiger partial charge >= 0.3 is 11.9 Å². The van der Waals surface area contributed by atoms with E-state index in [1.807, 2.05) is 72.8 Å². The van der Waals surface area contributed by atoms with Crippen LogP contribution in [0.5, 0.6) is 11.5 Å². The highest BCUT2D eigenvalue weighted by Crippen LogP contribution is 2.38. The summed E-state index contributed by atoms with van der Waals surface area (Å²) in [7, 11) is 0. The largest absolute Gasteiger partial charge is 0.423 e. The van der Waals surface area contributed by atoms with Crippen molar-refractivity contribution in [1.82, 2.24) is 9.47 Å². The number of rotatable bonds is 11. The molecule has 264 valence electrons. The number of esters is 2. The van der Waals surface area contributed by atoms with Gasteiger partial charge in [-0.3, -0.25) is 0 Å². The topological polar surface area (TPSA) is 70.0 Å². The average molecular weight is 685 g/mol. The van der Waals surface area contributed by atoms with Gasteiger partial charge in [-0.1, -0.05) is 49.2 Å². The van der Waals surface area contributed by atoms with E-state index in [2.05, 4.69) is 22.5 Å². The number of fused-ring (bicyclic) bond motifs is 1. The third kappa shape index (κ3) is 8.61. The van der Waals surface area contributed by atoms with Crippen LogP contribution in [0.3, 0.4) is 0 Å².